The minimum Gasteiger partial charge on any atom is -0.492 e. The first-order valence-electron chi connectivity index (χ1n) is 5.40. The summed E-state index contributed by atoms with van der Waals surface area (Å²) in [5, 5.41) is 0. The molecule has 5 nitrogen and oxygen atoms in total. The van der Waals surface area contributed by atoms with Gasteiger partial charge in [-0.15, -0.1) is 0 Å². The van der Waals surface area contributed by atoms with Crippen LogP contribution in [0.25, 0.3) is 0 Å². The summed E-state index contributed by atoms with van der Waals surface area (Å²) in [5.74, 6) is 7.67. The molecule has 3 rings (SSSR count). The average molecular weight is 228 g/mol. The van der Waals surface area contributed by atoms with Gasteiger partial charge in [0.2, 0.25) is 0 Å². The van der Waals surface area contributed by atoms with Crippen molar-refractivity contribution >= 4 is 5.82 Å². The zero-order chi connectivity index (χ0) is 11.7. The summed E-state index contributed by atoms with van der Waals surface area (Å²) < 4.78 is 5.61. The Balaban J connectivity index is 2.01. The zero-order valence-electron chi connectivity index (χ0n) is 9.13. The van der Waals surface area contributed by atoms with E-state index in [1.807, 2.05) is 24.3 Å². The van der Waals surface area contributed by atoms with Crippen LogP contribution in [0.2, 0.25) is 0 Å². The first-order chi connectivity index (χ1) is 8.38. The van der Waals surface area contributed by atoms with Crippen molar-refractivity contribution in [2.24, 2.45) is 5.84 Å². The molecular formula is C12H12N4O. The molecular weight excluding hydrogens is 216 g/mol. The molecule has 1 unspecified atom stereocenters. The van der Waals surface area contributed by atoms with Gasteiger partial charge in [0, 0.05) is 17.8 Å². The molecule has 0 bridgehead atoms. The van der Waals surface area contributed by atoms with Crippen molar-refractivity contribution in [1.29, 1.82) is 0 Å². The third-order valence-electron chi connectivity index (χ3n) is 2.83. The van der Waals surface area contributed by atoms with E-state index in [9.17, 15) is 0 Å². The van der Waals surface area contributed by atoms with Gasteiger partial charge in [0.15, 0.2) is 0 Å². The summed E-state index contributed by atoms with van der Waals surface area (Å²) in [5.41, 5.74) is 3.65. The number of hydrogen-bond donors (Lipinski definition) is 2. The molecule has 0 saturated carbocycles. The number of nitrogens with zero attached hydrogens (tertiary/aromatic N) is 2. The number of benzene rings is 1. The van der Waals surface area contributed by atoms with Gasteiger partial charge in [-0.1, -0.05) is 18.2 Å². The number of fused-ring (bicyclic) bond motifs is 1. The predicted molar refractivity (Wildman–Crippen MR) is 63.6 cm³/mol. The van der Waals surface area contributed by atoms with Crippen LogP contribution in [0.15, 0.2) is 36.5 Å². The maximum atomic E-state index is 5.61. The summed E-state index contributed by atoms with van der Waals surface area (Å²) in [4.78, 5) is 8.63. The highest BCUT2D eigenvalue weighted by molar-refractivity contribution is 5.43. The summed E-state index contributed by atoms with van der Waals surface area (Å²) in [6, 6.07) is 9.68. The lowest BCUT2D eigenvalue weighted by Gasteiger charge is -2.08. The smallest absolute Gasteiger partial charge is 0.143 e. The zero-order valence-corrected chi connectivity index (χ0v) is 9.13. The number of nitrogen functional groups attached to an aromatic ring is 1. The van der Waals surface area contributed by atoms with Gasteiger partial charge in [-0.2, -0.15) is 0 Å². The molecule has 86 valence electrons. The molecule has 0 radical (unpaired) electrons. The number of hydrazine groups is 1. The standard InChI is InChI=1S/C12H12N4O/c13-16-11-5-6-14-12(15-11)9-7-17-10-4-2-1-3-8(9)10/h1-6,9H,7,13H2,(H,14,15,16). The third-order valence-corrected chi connectivity index (χ3v) is 2.83. The first-order valence-corrected chi connectivity index (χ1v) is 5.40. The maximum absolute atomic E-state index is 5.61. The predicted octanol–water partition coefficient (Wildman–Crippen LogP) is 1.29. The highest BCUT2D eigenvalue weighted by atomic mass is 16.5. The molecule has 0 saturated heterocycles. The van der Waals surface area contributed by atoms with Crippen molar-refractivity contribution in [3.8, 4) is 5.75 Å². The van der Waals surface area contributed by atoms with E-state index in [4.69, 9.17) is 10.6 Å². The number of nitrogens with one attached hydrogen (secondary N) is 1. The normalized spacial score (nSPS) is 17.4. The van der Waals surface area contributed by atoms with Gasteiger partial charge in [-0.25, -0.2) is 15.8 Å². The van der Waals surface area contributed by atoms with Crippen LogP contribution in [0, 0.1) is 0 Å². The number of anilines is 1. The van der Waals surface area contributed by atoms with Gasteiger partial charge in [-0.05, 0) is 6.07 Å². The number of hydrogen-bond acceptors (Lipinski definition) is 5. The lowest BCUT2D eigenvalue weighted by atomic mass is 10.0. The Labute approximate surface area is 98.6 Å². The summed E-state index contributed by atoms with van der Waals surface area (Å²) in [7, 11) is 0. The lowest BCUT2D eigenvalue weighted by molar-refractivity contribution is 0.340. The van der Waals surface area contributed by atoms with Crippen molar-refractivity contribution < 1.29 is 4.74 Å². The molecule has 0 amide bonds. The second-order valence-corrected chi connectivity index (χ2v) is 3.85. The molecule has 3 N–H and O–H groups in total. The Morgan fingerprint density at radius 1 is 1.29 bits per heavy atom. The third kappa shape index (κ3) is 1.70. The monoisotopic (exact) mass is 228 g/mol. The number of ether oxygens (including phenoxy) is 1. The minimum atomic E-state index is 0.0829. The van der Waals surface area contributed by atoms with Crippen LogP contribution in [0.5, 0.6) is 5.75 Å². The Morgan fingerprint density at radius 3 is 3.06 bits per heavy atom. The van der Waals surface area contributed by atoms with E-state index in [2.05, 4.69) is 15.4 Å². The molecule has 0 aliphatic carbocycles. The van der Waals surface area contributed by atoms with E-state index in [0.29, 0.717) is 12.4 Å². The van der Waals surface area contributed by atoms with Crippen LogP contribution in [0.3, 0.4) is 0 Å². The molecule has 1 aromatic carbocycles. The van der Waals surface area contributed by atoms with Gasteiger partial charge >= 0.3 is 0 Å². The van der Waals surface area contributed by atoms with Gasteiger partial charge in [0.05, 0.1) is 5.92 Å². The molecule has 1 atom stereocenters. The molecule has 1 aromatic heterocycles. The Morgan fingerprint density at radius 2 is 2.18 bits per heavy atom. The van der Waals surface area contributed by atoms with Gasteiger partial charge < -0.3 is 10.2 Å². The van der Waals surface area contributed by atoms with Crippen molar-refractivity contribution in [2.75, 3.05) is 12.0 Å². The van der Waals surface area contributed by atoms with Crippen LogP contribution in [0.4, 0.5) is 5.82 Å². The van der Waals surface area contributed by atoms with Crippen molar-refractivity contribution in [2.45, 2.75) is 5.92 Å². The second-order valence-electron chi connectivity index (χ2n) is 3.85. The van der Waals surface area contributed by atoms with Crippen molar-refractivity contribution in [3.63, 3.8) is 0 Å². The summed E-state index contributed by atoms with van der Waals surface area (Å²) >= 11 is 0. The number of aromatic nitrogens is 2. The fourth-order valence-corrected chi connectivity index (χ4v) is 2.00. The van der Waals surface area contributed by atoms with Gasteiger partial charge in [0.25, 0.3) is 0 Å². The topological polar surface area (TPSA) is 73.1 Å². The number of rotatable bonds is 2. The molecule has 2 heterocycles. The molecule has 1 aliphatic rings. The van der Waals surface area contributed by atoms with E-state index < -0.39 is 0 Å². The fraction of sp³-hybridized carbons (Fsp3) is 0.167. The minimum absolute atomic E-state index is 0.0829. The molecule has 2 aromatic rings. The second kappa shape index (κ2) is 4.03. The SMILES string of the molecule is NNc1ccnc(C2COc3ccccc32)n1. The van der Waals surface area contributed by atoms with E-state index in [1.54, 1.807) is 12.3 Å². The molecule has 5 heteroatoms. The number of nitrogens with two attached hydrogens (primary N) is 1. The largest absolute Gasteiger partial charge is 0.492 e. The highest BCUT2D eigenvalue weighted by Crippen LogP contribution is 2.36. The average Bonchev–Trinajstić information content (AvgIpc) is 2.82. The van der Waals surface area contributed by atoms with Crippen LogP contribution >= 0.6 is 0 Å². The van der Waals surface area contributed by atoms with E-state index in [-0.39, 0.29) is 5.92 Å². The highest BCUT2D eigenvalue weighted by Gasteiger charge is 2.27. The Kier molecular flexibility index (Phi) is 2.38. The van der Waals surface area contributed by atoms with E-state index in [0.717, 1.165) is 17.1 Å². The first kappa shape index (κ1) is 10.0. The van der Waals surface area contributed by atoms with Crippen LogP contribution in [0.1, 0.15) is 17.3 Å². The van der Waals surface area contributed by atoms with Crippen molar-refractivity contribution in [1.82, 2.24) is 9.97 Å². The molecule has 17 heavy (non-hydrogen) atoms. The van der Waals surface area contributed by atoms with Gasteiger partial charge in [0.1, 0.15) is 24.0 Å². The van der Waals surface area contributed by atoms with Gasteiger partial charge in [-0.3, -0.25) is 0 Å². The quantitative estimate of drug-likeness (QED) is 0.598. The van der Waals surface area contributed by atoms with Crippen LogP contribution in [-0.4, -0.2) is 16.6 Å². The lowest BCUT2D eigenvalue weighted by Crippen LogP contribution is -2.13. The van der Waals surface area contributed by atoms with E-state index in [1.165, 1.54) is 0 Å². The maximum Gasteiger partial charge on any atom is 0.143 e. The Bertz CT molecular complexity index is 544. The fourth-order valence-electron chi connectivity index (χ4n) is 2.00. The Hall–Kier alpha value is -2.14. The van der Waals surface area contributed by atoms with Crippen LogP contribution < -0.4 is 16.0 Å². The van der Waals surface area contributed by atoms with Crippen LogP contribution in [-0.2, 0) is 0 Å². The van der Waals surface area contributed by atoms with E-state index >= 15 is 0 Å². The molecule has 0 fully saturated rings. The molecule has 1 aliphatic heterocycles. The summed E-state index contributed by atoms with van der Waals surface area (Å²) in [6.07, 6.45) is 1.69. The number of para-hydroxylation sites is 1. The van der Waals surface area contributed by atoms with Crippen molar-refractivity contribution in [3.05, 3.63) is 47.9 Å². The summed E-state index contributed by atoms with van der Waals surface area (Å²) in [6.45, 7) is 0.577. The molecule has 0 spiro atoms.